The Bertz CT molecular complexity index is 2070. The minimum absolute atomic E-state index is 0.756. The van der Waals surface area contributed by atoms with Gasteiger partial charge in [0.15, 0.2) is 0 Å². The van der Waals surface area contributed by atoms with Gasteiger partial charge in [0.25, 0.3) is 0 Å². The van der Waals surface area contributed by atoms with E-state index >= 15 is 0 Å². The monoisotopic (exact) mass is 2110 g/mol. The molecule has 0 spiro atoms. The van der Waals surface area contributed by atoms with Crippen LogP contribution in [-0.2, 0) is 0 Å². The summed E-state index contributed by atoms with van der Waals surface area (Å²) in [7, 11) is -19.9. The zero-order valence-electron chi connectivity index (χ0n) is 101. The van der Waals surface area contributed by atoms with Crippen molar-refractivity contribution < 1.29 is 0 Å². The minimum atomic E-state index is -2.04. The summed E-state index contributed by atoms with van der Waals surface area (Å²) in [5, 5.41) is 4.72. The maximum Gasteiger partial charge on any atom is 0.0535 e. The first-order valence-electron chi connectivity index (χ1n) is 64.7. The minimum Gasteiger partial charge on any atom is -0.0940 e. The van der Waals surface area contributed by atoms with Crippen molar-refractivity contribution in [2.75, 3.05) is 6.54 Å². The Balaban J connectivity index is 10.7. The van der Waals surface area contributed by atoms with Crippen LogP contribution in [0.2, 0.25) is 314 Å². The van der Waals surface area contributed by atoms with Crippen LogP contribution in [0.3, 0.4) is 0 Å². The highest BCUT2D eigenvalue weighted by molar-refractivity contribution is 6.87. The molecule has 0 aromatic rings. The van der Waals surface area contributed by atoms with Crippen molar-refractivity contribution in [3.63, 3.8) is 0 Å². The van der Waals surface area contributed by atoms with E-state index in [0.717, 1.165) is 6.54 Å². The molecule has 0 unspecified atom stereocenters. The van der Waals surface area contributed by atoms with Gasteiger partial charge in [-0.3, -0.25) is 0 Å². The van der Waals surface area contributed by atoms with Gasteiger partial charge >= 0.3 is 0 Å². The van der Waals surface area contributed by atoms with E-state index in [0.29, 0.717) is 0 Å². The van der Waals surface area contributed by atoms with Gasteiger partial charge in [0.1, 0.15) is 0 Å². The molecule has 0 aromatic heterocycles. The molecule has 0 aliphatic heterocycles. The van der Waals surface area contributed by atoms with E-state index in [4.69, 9.17) is 5.11 Å². The van der Waals surface area contributed by atoms with E-state index in [1.807, 2.05) is 0 Å². The average molecular weight is 2120 g/mol. The van der Waals surface area contributed by atoms with E-state index in [-0.39, 0.29) is 0 Å². The third-order valence-electron chi connectivity index (χ3n) is 39.1. The Morgan fingerprint density at radius 1 is 0.110 bits per heavy atom. The van der Waals surface area contributed by atoms with Gasteiger partial charge in [-0.25, -0.2) is 0 Å². The standard InChI is InChI=1S/C120H267N3Si13/c1-28-69-124(70-29-2,71-30-3)97-56-109-134(110-57-98-125(72-31-4,73-32-5)74-33-6,111-58-99-126(75-34-7,76-35-8)77-36-9)118-65-106-133(96-55-68-122-123-121,107-66-119-135(112-59-100-127(78-37-10,79-38-11)80-39-12,113-60-101-128(81-40-13,82-41-14)83-42-15)114-61-102-129(84-43-16,85-44-17)86-45-18)108-67-120-136(115-62-103-130(87-46-19,88-47-20)89-48-21,116-63-104-131(90-49-22,91-50-23)92-51-24)117-64-105-132(93-52-25,94-53-26)95-54-27/h28-120H2,1-27H3. The van der Waals surface area contributed by atoms with Gasteiger partial charge in [0.2, 0.25) is 0 Å². The molecule has 0 rings (SSSR count). The summed E-state index contributed by atoms with van der Waals surface area (Å²) >= 11 is 0. The van der Waals surface area contributed by atoms with E-state index in [2.05, 4.69) is 192 Å². The van der Waals surface area contributed by atoms with Crippen LogP contribution in [0.15, 0.2) is 5.11 Å². The lowest BCUT2D eigenvalue weighted by Crippen LogP contribution is -2.42. The summed E-state index contributed by atoms with van der Waals surface area (Å²) in [6.07, 6.45) is 59.2. The largest absolute Gasteiger partial charge is 0.0940 e. The fourth-order valence-corrected chi connectivity index (χ4v) is 110. The Morgan fingerprint density at radius 3 is 0.243 bits per heavy atom. The maximum absolute atomic E-state index is 10.6. The van der Waals surface area contributed by atoms with E-state index < -0.39 is 105 Å². The Kier molecular flexibility index (Phi) is 84.2. The predicted molar refractivity (Wildman–Crippen MR) is 677 cm³/mol. The number of hydrogen-bond donors (Lipinski definition) is 0. The second-order valence-electron chi connectivity index (χ2n) is 51.1. The van der Waals surface area contributed by atoms with Crippen molar-refractivity contribution in [3.05, 3.63) is 10.4 Å². The van der Waals surface area contributed by atoms with Crippen molar-refractivity contribution in [3.8, 4) is 0 Å². The highest BCUT2D eigenvalue weighted by Gasteiger charge is 2.46. The summed E-state index contributed by atoms with van der Waals surface area (Å²) in [6.45, 7) is 71.0. The molecule has 16 heteroatoms. The second kappa shape index (κ2) is 82.9. The molecule has 136 heavy (non-hydrogen) atoms. The number of hydrogen-bond acceptors (Lipinski definition) is 1. The van der Waals surface area contributed by atoms with Gasteiger partial charge in [-0.2, -0.15) is 0 Å². The fourth-order valence-electron chi connectivity index (χ4n) is 34.7. The Hall–Kier alpha value is 2.13. The Labute approximate surface area is 877 Å². The lowest BCUT2D eigenvalue weighted by atomic mass is 10.5. The van der Waals surface area contributed by atoms with Crippen LogP contribution in [0.25, 0.3) is 10.4 Å². The van der Waals surface area contributed by atoms with Crippen LogP contribution in [0.5, 0.6) is 0 Å². The van der Waals surface area contributed by atoms with E-state index in [1.54, 1.807) is 385 Å². The first-order chi connectivity index (χ1) is 65.7. The van der Waals surface area contributed by atoms with Crippen molar-refractivity contribution in [2.24, 2.45) is 5.11 Å². The lowest BCUT2D eigenvalue weighted by Gasteiger charge is -2.41. The lowest BCUT2D eigenvalue weighted by molar-refractivity contribution is 0.797. The topological polar surface area (TPSA) is 48.8 Å². The number of nitrogens with zero attached hydrogens (tertiary/aromatic N) is 3. The smallest absolute Gasteiger partial charge is 0.0535 e. The fraction of sp³-hybridized carbons (Fsp3) is 1.00. The second-order valence-corrected chi connectivity index (χ2v) is 116. The first-order valence-corrected chi connectivity index (χ1v) is 101. The third-order valence-corrected chi connectivity index (χ3v) is 117. The normalized spacial score (nSPS) is 13.5. The SMILES string of the molecule is CCC[Si](CCC)(CCC)CCC[Si](CCC[Si](CCC)(CCC)CCC)(CCC[Si](CCC)(CCC)CCC)CCC[Si](CCCN=[N+]=[N-])(CCC[Si](CCC[Si](CCC)(CCC)CCC)(CCC[Si](CCC)(CCC)CCC)CCC[Si](CCC)(CCC)CCC)CCC[Si](CCC[Si](CCC)(CCC)CCC)(CCC[Si](CCC)(CCC)CCC)CCC[Si](CCC)(CCC)CCC. The van der Waals surface area contributed by atoms with Gasteiger partial charge < -0.3 is 0 Å². The molecule has 0 aliphatic rings. The molecule has 0 amide bonds. The summed E-state index contributed by atoms with van der Waals surface area (Å²) in [6, 6.07) is 85.2. The summed E-state index contributed by atoms with van der Waals surface area (Å²) in [4.78, 5) is 3.74. The molecule has 0 aromatic carbocycles. The highest BCUT2D eigenvalue weighted by Crippen LogP contribution is 2.51. The Morgan fingerprint density at radius 2 is 0.176 bits per heavy atom. The van der Waals surface area contributed by atoms with Crippen LogP contribution < -0.4 is 0 Å². The zero-order chi connectivity index (χ0) is 102. The quantitative estimate of drug-likeness (QED) is 0.0192. The van der Waals surface area contributed by atoms with Crippen LogP contribution >= 0.6 is 0 Å². The van der Waals surface area contributed by atoms with Crippen LogP contribution in [-0.4, -0.2) is 112 Å². The number of azide groups is 1. The van der Waals surface area contributed by atoms with Crippen LogP contribution in [0.1, 0.15) is 444 Å². The van der Waals surface area contributed by atoms with Crippen molar-refractivity contribution >= 4 is 105 Å². The summed E-state index contributed by atoms with van der Waals surface area (Å²) in [5.41, 5.74) is 10.6. The van der Waals surface area contributed by atoms with Gasteiger partial charge in [0.05, 0.1) is 105 Å². The zero-order valence-corrected chi connectivity index (χ0v) is 114. The molecule has 0 aliphatic carbocycles. The van der Waals surface area contributed by atoms with Gasteiger partial charge in [-0.1, -0.05) is 763 Å². The molecule has 0 atom stereocenters. The van der Waals surface area contributed by atoms with Gasteiger partial charge in [-0.05, 0) is 5.53 Å². The van der Waals surface area contributed by atoms with Gasteiger partial charge in [-0.15, -0.1) is 0 Å². The summed E-state index contributed by atoms with van der Waals surface area (Å²) < 4.78 is 0. The van der Waals surface area contributed by atoms with Crippen molar-refractivity contribution in [1.82, 2.24) is 0 Å². The molecule has 0 radical (unpaired) electrons. The van der Waals surface area contributed by atoms with E-state index in [1.165, 1.54) is 186 Å². The molecular weight excluding hydrogens is 1850 g/mol. The molecule has 0 saturated heterocycles. The first kappa shape index (κ1) is 138. The summed E-state index contributed by atoms with van der Waals surface area (Å²) in [5.74, 6) is 0. The van der Waals surface area contributed by atoms with E-state index in [9.17, 15) is 5.53 Å². The maximum atomic E-state index is 10.6. The number of rotatable bonds is 106. The molecule has 0 bridgehead atoms. The predicted octanol–water partition coefficient (Wildman–Crippen LogP) is 49.3. The average Bonchev–Trinajstić information content (AvgIpc) is 0.824. The molecule has 0 heterocycles. The van der Waals surface area contributed by atoms with Crippen LogP contribution in [0, 0.1) is 0 Å². The van der Waals surface area contributed by atoms with Crippen molar-refractivity contribution in [2.45, 2.75) is 758 Å². The molecular formula is C120H267N3Si13. The molecule has 0 saturated carbocycles. The van der Waals surface area contributed by atoms with Crippen molar-refractivity contribution in [1.29, 1.82) is 0 Å². The molecule has 0 fully saturated rings. The third kappa shape index (κ3) is 54.7. The molecule has 0 N–H and O–H groups in total. The molecule has 814 valence electrons. The van der Waals surface area contributed by atoms with Gasteiger partial charge in [0, 0.05) is 11.5 Å². The highest BCUT2D eigenvalue weighted by atomic mass is 28.4. The van der Waals surface area contributed by atoms with Crippen LogP contribution in [0.4, 0.5) is 0 Å². The molecule has 3 nitrogen and oxygen atoms in total.